The van der Waals surface area contributed by atoms with Crippen LogP contribution in [-0.4, -0.2) is 30.7 Å². The van der Waals surface area contributed by atoms with Crippen molar-refractivity contribution in [2.24, 2.45) is 11.0 Å². The first-order chi connectivity index (χ1) is 15.4. The number of fused-ring (bicyclic) bond motifs is 1. The second-order valence-electron chi connectivity index (χ2n) is 7.79. The number of carbonyl (C=O) groups excluding carboxylic acids is 2. The van der Waals surface area contributed by atoms with Gasteiger partial charge in [0.1, 0.15) is 11.8 Å². The Morgan fingerprint density at radius 2 is 1.75 bits per heavy atom. The van der Waals surface area contributed by atoms with E-state index in [0.717, 1.165) is 16.3 Å². The number of amides is 2. The average Bonchev–Trinajstić information content (AvgIpc) is 2.78. The van der Waals surface area contributed by atoms with E-state index in [1.807, 2.05) is 56.3 Å². The van der Waals surface area contributed by atoms with Gasteiger partial charge in [-0.1, -0.05) is 67.9 Å². The number of carbonyl (C=O) groups is 2. The number of hydrazone groups is 1. The lowest BCUT2D eigenvalue weighted by atomic mass is 10.0. The number of ether oxygens (including phenoxy) is 1. The van der Waals surface area contributed by atoms with Gasteiger partial charge >= 0.3 is 0 Å². The molecule has 2 amide bonds. The number of benzene rings is 3. The van der Waals surface area contributed by atoms with Gasteiger partial charge in [-0.3, -0.25) is 9.59 Å². The van der Waals surface area contributed by atoms with E-state index in [0.29, 0.717) is 17.2 Å². The summed E-state index contributed by atoms with van der Waals surface area (Å²) < 4.78 is 5.46. The minimum Gasteiger partial charge on any atom is -0.484 e. The van der Waals surface area contributed by atoms with Crippen LogP contribution in [0.5, 0.6) is 5.75 Å². The number of nitrogens with zero attached hydrogens (tertiary/aromatic N) is 1. The monoisotopic (exact) mass is 451 g/mol. The molecule has 7 heteroatoms. The highest BCUT2D eigenvalue weighted by Crippen LogP contribution is 2.17. The maximum Gasteiger partial charge on any atom is 0.262 e. The molecule has 2 N–H and O–H groups in total. The van der Waals surface area contributed by atoms with Crippen LogP contribution < -0.4 is 15.5 Å². The van der Waals surface area contributed by atoms with E-state index in [2.05, 4.69) is 15.8 Å². The van der Waals surface area contributed by atoms with Crippen LogP contribution >= 0.6 is 11.6 Å². The van der Waals surface area contributed by atoms with E-state index in [4.69, 9.17) is 16.3 Å². The maximum absolute atomic E-state index is 12.7. The van der Waals surface area contributed by atoms with Crippen molar-refractivity contribution in [3.8, 4) is 5.75 Å². The van der Waals surface area contributed by atoms with Crippen molar-refractivity contribution in [1.29, 1.82) is 0 Å². The fourth-order valence-corrected chi connectivity index (χ4v) is 3.35. The Labute approximate surface area is 192 Å². The third kappa shape index (κ3) is 6.82. The summed E-state index contributed by atoms with van der Waals surface area (Å²) in [6.45, 7) is 3.76. The normalized spacial score (nSPS) is 12.1. The van der Waals surface area contributed by atoms with Gasteiger partial charge in [0.05, 0.1) is 6.21 Å². The number of hydrogen-bond donors (Lipinski definition) is 2. The largest absolute Gasteiger partial charge is 0.484 e. The Balaban J connectivity index is 1.59. The predicted octanol–water partition coefficient (Wildman–Crippen LogP) is 4.55. The smallest absolute Gasteiger partial charge is 0.262 e. The fourth-order valence-electron chi connectivity index (χ4n) is 3.23. The van der Waals surface area contributed by atoms with Gasteiger partial charge in [-0.2, -0.15) is 5.10 Å². The van der Waals surface area contributed by atoms with E-state index in [1.54, 1.807) is 30.5 Å². The molecule has 0 saturated heterocycles. The summed E-state index contributed by atoms with van der Waals surface area (Å²) in [6.07, 6.45) is 2.08. The molecule has 0 heterocycles. The van der Waals surface area contributed by atoms with Gasteiger partial charge in [-0.05, 0) is 47.4 Å². The molecular formula is C25H26ClN3O3. The molecule has 0 bridgehead atoms. The van der Waals surface area contributed by atoms with Crippen molar-refractivity contribution in [3.05, 3.63) is 77.3 Å². The molecule has 0 unspecified atom stereocenters. The third-order valence-electron chi connectivity index (χ3n) is 4.74. The first kappa shape index (κ1) is 23.3. The SMILES string of the molecule is CC(C)C[C@@H](NC(=O)COc1ccc(Cl)cc1)C(=O)N/N=C\c1cccc2ccccc12. The second-order valence-corrected chi connectivity index (χ2v) is 8.23. The Morgan fingerprint density at radius 1 is 1.03 bits per heavy atom. The Morgan fingerprint density at radius 3 is 2.50 bits per heavy atom. The summed E-state index contributed by atoms with van der Waals surface area (Å²) >= 11 is 5.85. The van der Waals surface area contributed by atoms with E-state index < -0.39 is 11.9 Å². The van der Waals surface area contributed by atoms with Gasteiger partial charge in [-0.15, -0.1) is 0 Å². The molecule has 0 radical (unpaired) electrons. The zero-order chi connectivity index (χ0) is 22.9. The van der Waals surface area contributed by atoms with Gasteiger partial charge in [0, 0.05) is 10.6 Å². The van der Waals surface area contributed by atoms with Crippen molar-refractivity contribution in [1.82, 2.24) is 10.7 Å². The van der Waals surface area contributed by atoms with Crippen LogP contribution in [0.25, 0.3) is 10.8 Å². The summed E-state index contributed by atoms with van der Waals surface area (Å²) in [7, 11) is 0. The van der Waals surface area contributed by atoms with Gasteiger partial charge < -0.3 is 10.1 Å². The van der Waals surface area contributed by atoms with Crippen molar-refractivity contribution in [2.45, 2.75) is 26.3 Å². The molecule has 3 aromatic rings. The lowest BCUT2D eigenvalue weighted by molar-refractivity contribution is -0.130. The molecule has 1 atom stereocenters. The molecule has 0 fully saturated rings. The van der Waals surface area contributed by atoms with E-state index in [9.17, 15) is 9.59 Å². The molecule has 0 spiro atoms. The molecule has 0 aromatic heterocycles. The average molecular weight is 452 g/mol. The number of nitrogens with one attached hydrogen (secondary N) is 2. The summed E-state index contributed by atoms with van der Waals surface area (Å²) in [5, 5.41) is 9.56. The standard InChI is InChI=1S/C25H26ClN3O3/c1-17(2)14-23(28-24(30)16-32-21-12-10-20(26)11-13-21)25(31)29-27-15-19-8-5-7-18-6-3-4-9-22(18)19/h3-13,15,17,23H,14,16H2,1-2H3,(H,28,30)(H,29,31)/b27-15-/t23-/m1/s1. The van der Waals surface area contributed by atoms with Gasteiger partial charge in [-0.25, -0.2) is 5.43 Å². The van der Waals surface area contributed by atoms with Crippen molar-refractivity contribution < 1.29 is 14.3 Å². The van der Waals surface area contributed by atoms with Crippen LogP contribution in [0.4, 0.5) is 0 Å². The van der Waals surface area contributed by atoms with Crippen molar-refractivity contribution in [3.63, 3.8) is 0 Å². The van der Waals surface area contributed by atoms with Gasteiger partial charge in [0.2, 0.25) is 0 Å². The van der Waals surface area contributed by atoms with Crippen LogP contribution in [0.3, 0.4) is 0 Å². The number of hydrogen-bond acceptors (Lipinski definition) is 4. The summed E-state index contributed by atoms with van der Waals surface area (Å²) in [5.74, 6) is -0.0480. The van der Waals surface area contributed by atoms with Gasteiger partial charge in [0.15, 0.2) is 6.61 Å². The summed E-state index contributed by atoms with van der Waals surface area (Å²) in [6, 6.07) is 19.8. The first-order valence-corrected chi connectivity index (χ1v) is 10.8. The van der Waals surface area contributed by atoms with Crippen LogP contribution in [0.1, 0.15) is 25.8 Å². The molecular weight excluding hydrogens is 426 g/mol. The quantitative estimate of drug-likeness (QED) is 0.370. The highest BCUT2D eigenvalue weighted by atomic mass is 35.5. The van der Waals surface area contributed by atoms with Gasteiger partial charge in [0.25, 0.3) is 11.8 Å². The number of halogens is 1. The molecule has 3 rings (SSSR count). The minimum atomic E-state index is -0.721. The Kier molecular flexibility index (Phi) is 8.22. The third-order valence-corrected chi connectivity index (χ3v) is 5.00. The summed E-state index contributed by atoms with van der Waals surface area (Å²) in [5.41, 5.74) is 3.44. The highest BCUT2D eigenvalue weighted by molar-refractivity contribution is 6.30. The predicted molar refractivity (Wildman–Crippen MR) is 128 cm³/mol. The Hall–Kier alpha value is -3.38. The lowest BCUT2D eigenvalue weighted by Crippen LogP contribution is -2.47. The van der Waals surface area contributed by atoms with E-state index >= 15 is 0 Å². The van der Waals surface area contributed by atoms with Crippen LogP contribution in [0, 0.1) is 5.92 Å². The van der Waals surface area contributed by atoms with Crippen LogP contribution in [-0.2, 0) is 9.59 Å². The molecule has 32 heavy (non-hydrogen) atoms. The molecule has 166 valence electrons. The minimum absolute atomic E-state index is 0.199. The van der Waals surface area contributed by atoms with Crippen LogP contribution in [0.2, 0.25) is 5.02 Å². The van der Waals surface area contributed by atoms with Crippen molar-refractivity contribution in [2.75, 3.05) is 6.61 Å². The number of rotatable bonds is 9. The molecule has 0 aliphatic heterocycles. The fraction of sp³-hybridized carbons (Fsp3) is 0.240. The van der Waals surface area contributed by atoms with Crippen molar-refractivity contribution >= 4 is 40.4 Å². The summed E-state index contributed by atoms with van der Waals surface area (Å²) in [4.78, 5) is 25.0. The maximum atomic E-state index is 12.7. The zero-order valence-corrected chi connectivity index (χ0v) is 18.8. The van der Waals surface area contributed by atoms with E-state index in [-0.39, 0.29) is 18.4 Å². The Bertz CT molecular complexity index is 1090. The molecule has 0 aliphatic carbocycles. The van der Waals surface area contributed by atoms with E-state index in [1.165, 1.54) is 0 Å². The lowest BCUT2D eigenvalue weighted by Gasteiger charge is -2.19. The van der Waals surface area contributed by atoms with Crippen LogP contribution in [0.15, 0.2) is 71.8 Å². The first-order valence-electron chi connectivity index (χ1n) is 10.4. The molecule has 3 aromatic carbocycles. The molecule has 6 nitrogen and oxygen atoms in total. The molecule has 0 saturated carbocycles. The zero-order valence-electron chi connectivity index (χ0n) is 18.0. The second kappa shape index (κ2) is 11.3. The highest BCUT2D eigenvalue weighted by Gasteiger charge is 2.22. The molecule has 0 aliphatic rings. The topological polar surface area (TPSA) is 79.8 Å².